The number of carbonyl (C=O) groups is 2. The number of hydrogen-bond acceptors (Lipinski definition) is 8. The number of amides is 2. The van der Waals surface area contributed by atoms with Crippen molar-refractivity contribution >= 4 is 40.6 Å². The van der Waals surface area contributed by atoms with Crippen molar-refractivity contribution < 1.29 is 19.1 Å². The molecule has 5 rings (SSSR count). The highest BCUT2D eigenvalue weighted by molar-refractivity contribution is 6.32. The molecule has 2 amide bonds. The van der Waals surface area contributed by atoms with Gasteiger partial charge in [-0.2, -0.15) is 0 Å². The highest BCUT2D eigenvalue weighted by Crippen LogP contribution is 2.37. The van der Waals surface area contributed by atoms with Gasteiger partial charge in [-0.15, -0.1) is 4.98 Å². The Bertz CT molecular complexity index is 1470. The summed E-state index contributed by atoms with van der Waals surface area (Å²) in [7, 11) is 3.24. The lowest BCUT2D eigenvalue weighted by molar-refractivity contribution is 0.0299. The minimum Gasteiger partial charge on any atom is -0.493 e. The molecule has 2 aliphatic rings. The van der Waals surface area contributed by atoms with Crippen LogP contribution in [-0.4, -0.2) is 77.0 Å². The van der Waals surface area contributed by atoms with E-state index < -0.39 is 0 Å². The van der Waals surface area contributed by atoms with Crippen LogP contribution in [0.25, 0.3) is 4.85 Å². The third-order valence-electron chi connectivity index (χ3n) is 6.31. The summed E-state index contributed by atoms with van der Waals surface area (Å²) in [4.78, 5) is 45.8. The number of methoxy groups -OCH3 is 1. The van der Waals surface area contributed by atoms with Gasteiger partial charge in [0.25, 0.3) is 11.8 Å². The first kappa shape index (κ1) is 25.4. The summed E-state index contributed by atoms with van der Waals surface area (Å²) in [5.41, 5.74) is 3.36. The summed E-state index contributed by atoms with van der Waals surface area (Å²) in [6.45, 7) is 9.70. The van der Waals surface area contributed by atoms with Crippen LogP contribution in [0.2, 0.25) is 5.02 Å². The van der Waals surface area contributed by atoms with Crippen LogP contribution in [0, 0.1) is 6.57 Å². The van der Waals surface area contributed by atoms with E-state index in [1.54, 1.807) is 41.1 Å². The Morgan fingerprint density at radius 2 is 2.03 bits per heavy atom. The Balaban J connectivity index is 1.47. The molecule has 0 radical (unpaired) electrons. The number of nitrogens with one attached hydrogen (secondary N) is 1. The lowest BCUT2D eigenvalue weighted by Crippen LogP contribution is -2.41. The number of hydrogen-bond donors (Lipinski definition) is 1. The number of halogens is 1. The molecule has 11 nitrogen and oxygen atoms in total. The maximum absolute atomic E-state index is 12.9. The molecule has 0 unspecified atom stereocenters. The molecule has 1 saturated heterocycles. The van der Waals surface area contributed by atoms with Gasteiger partial charge < -0.3 is 29.4 Å². The first-order chi connectivity index (χ1) is 18.4. The number of aromatic nitrogens is 3. The fraction of sp³-hybridized carbons (Fsp3) is 0.308. The van der Waals surface area contributed by atoms with E-state index in [1.165, 1.54) is 13.3 Å². The van der Waals surface area contributed by atoms with Crippen molar-refractivity contribution in [1.82, 2.24) is 24.8 Å². The van der Waals surface area contributed by atoms with Gasteiger partial charge in [-0.25, -0.2) is 0 Å². The minimum atomic E-state index is -0.336. The zero-order valence-corrected chi connectivity index (χ0v) is 21.6. The summed E-state index contributed by atoms with van der Waals surface area (Å²) in [6.07, 6.45) is 1.73. The van der Waals surface area contributed by atoms with Crippen molar-refractivity contribution in [2.45, 2.75) is 13.0 Å². The average Bonchev–Trinajstić information content (AvgIpc) is 3.21. The largest absolute Gasteiger partial charge is 0.493 e. The molecule has 2 aromatic heterocycles. The van der Waals surface area contributed by atoms with Crippen LogP contribution in [-0.2, 0) is 17.7 Å². The van der Waals surface area contributed by atoms with Gasteiger partial charge in [-0.3, -0.25) is 19.6 Å². The molecule has 0 bridgehead atoms. The third kappa shape index (κ3) is 4.83. The number of nitrogens with zero attached hydrogens (tertiary/aromatic N) is 6. The molecule has 12 heteroatoms. The first-order valence-electron chi connectivity index (χ1n) is 11.9. The predicted octanol–water partition coefficient (Wildman–Crippen LogP) is 3.48. The van der Waals surface area contributed by atoms with Crippen molar-refractivity contribution in [3.63, 3.8) is 0 Å². The minimum absolute atomic E-state index is 0.0233. The topological polar surface area (TPSA) is 114 Å². The van der Waals surface area contributed by atoms with Crippen molar-refractivity contribution in [2.24, 2.45) is 0 Å². The molecular formula is C26H24ClN7O4. The van der Waals surface area contributed by atoms with E-state index in [0.29, 0.717) is 77.6 Å². The maximum atomic E-state index is 12.9. The standard InChI is InChI=1S/C26H24ClN7O4/c1-28-24-22(26(36)34-7-9-38-10-8-34)29-13-16(31-24)11-15-12-19(21-20(30-15)14-33(2)25(21)35)32-18-6-4-5-17(27)23(18)37-3/h4-6,12-13H,7-11,14H2,2-3H3,(H,30,32). The van der Waals surface area contributed by atoms with E-state index >= 15 is 0 Å². The van der Waals surface area contributed by atoms with Gasteiger partial charge in [0.05, 0.1) is 72.8 Å². The molecule has 1 fully saturated rings. The van der Waals surface area contributed by atoms with Gasteiger partial charge >= 0.3 is 5.82 Å². The molecule has 0 atom stereocenters. The molecule has 38 heavy (non-hydrogen) atoms. The van der Waals surface area contributed by atoms with Crippen molar-refractivity contribution in [3.05, 3.63) is 75.2 Å². The molecule has 3 aromatic rings. The smallest absolute Gasteiger partial charge is 0.301 e. The van der Waals surface area contributed by atoms with E-state index in [1.807, 2.05) is 0 Å². The van der Waals surface area contributed by atoms with Gasteiger partial charge in [0.2, 0.25) is 0 Å². The Morgan fingerprint density at radius 3 is 2.76 bits per heavy atom. The normalized spacial score (nSPS) is 14.7. The van der Waals surface area contributed by atoms with Gasteiger partial charge in [-0.1, -0.05) is 24.2 Å². The second-order valence-electron chi connectivity index (χ2n) is 8.82. The van der Waals surface area contributed by atoms with Crippen LogP contribution in [0.3, 0.4) is 0 Å². The number of fused-ring (bicyclic) bond motifs is 1. The van der Waals surface area contributed by atoms with Crippen molar-refractivity contribution in [3.8, 4) is 5.75 Å². The maximum Gasteiger partial charge on any atom is 0.301 e. The highest BCUT2D eigenvalue weighted by Gasteiger charge is 2.31. The van der Waals surface area contributed by atoms with Gasteiger partial charge in [0.1, 0.15) is 0 Å². The second-order valence-corrected chi connectivity index (χ2v) is 9.22. The van der Waals surface area contributed by atoms with Crippen LogP contribution < -0.4 is 10.1 Å². The number of pyridine rings is 1. The molecule has 0 spiro atoms. The van der Waals surface area contributed by atoms with Crippen molar-refractivity contribution in [2.75, 3.05) is 45.8 Å². The average molecular weight is 534 g/mol. The van der Waals surface area contributed by atoms with E-state index in [2.05, 4.69) is 20.1 Å². The van der Waals surface area contributed by atoms with Gasteiger partial charge in [-0.05, 0) is 18.2 Å². The Kier molecular flexibility index (Phi) is 7.09. The highest BCUT2D eigenvalue weighted by atomic mass is 35.5. The third-order valence-corrected chi connectivity index (χ3v) is 6.61. The molecule has 0 saturated carbocycles. The molecule has 0 aliphatic carbocycles. The zero-order chi connectivity index (χ0) is 26.8. The lowest BCUT2D eigenvalue weighted by atomic mass is 10.1. The van der Waals surface area contributed by atoms with Gasteiger partial charge in [0, 0.05) is 20.1 Å². The summed E-state index contributed by atoms with van der Waals surface area (Å²) >= 11 is 6.29. The number of carbonyl (C=O) groups excluding carboxylic acids is 2. The van der Waals surface area contributed by atoms with Crippen LogP contribution in [0.5, 0.6) is 5.75 Å². The number of anilines is 2. The number of morpholine rings is 1. The molecule has 2 aliphatic heterocycles. The monoisotopic (exact) mass is 533 g/mol. The van der Waals surface area contributed by atoms with Crippen LogP contribution in [0.1, 0.15) is 37.9 Å². The molecule has 4 heterocycles. The Hall–Kier alpha value is -4.27. The van der Waals surface area contributed by atoms with E-state index in [-0.39, 0.29) is 29.7 Å². The second kappa shape index (κ2) is 10.6. The summed E-state index contributed by atoms with van der Waals surface area (Å²) in [6, 6.07) is 7.07. The van der Waals surface area contributed by atoms with E-state index in [9.17, 15) is 9.59 Å². The molecule has 194 valence electrons. The Morgan fingerprint density at radius 1 is 1.24 bits per heavy atom. The summed E-state index contributed by atoms with van der Waals surface area (Å²) in [5, 5.41) is 3.71. The van der Waals surface area contributed by atoms with E-state index in [0.717, 1.165) is 0 Å². The molecule has 1 N–H and O–H groups in total. The summed E-state index contributed by atoms with van der Waals surface area (Å²) < 4.78 is 10.8. The first-order valence-corrected chi connectivity index (χ1v) is 12.3. The quantitative estimate of drug-likeness (QED) is 0.479. The predicted molar refractivity (Wildman–Crippen MR) is 139 cm³/mol. The molecule has 1 aromatic carbocycles. The fourth-order valence-electron chi connectivity index (χ4n) is 4.48. The molecular weight excluding hydrogens is 510 g/mol. The number of ether oxygens (including phenoxy) is 2. The zero-order valence-electron chi connectivity index (χ0n) is 20.8. The van der Waals surface area contributed by atoms with Crippen LogP contribution in [0.15, 0.2) is 30.5 Å². The van der Waals surface area contributed by atoms with E-state index in [4.69, 9.17) is 32.6 Å². The summed E-state index contributed by atoms with van der Waals surface area (Å²) in [5.74, 6) is -0.0913. The van der Waals surface area contributed by atoms with Gasteiger partial charge in [0.15, 0.2) is 17.1 Å². The number of rotatable bonds is 6. The number of benzene rings is 1. The number of para-hydroxylation sites is 1. The SMILES string of the molecule is [C-]#[N+]c1nc(Cc2cc(Nc3cccc(Cl)c3OC)c3c(n2)CN(C)C3=O)cnc1C(=O)N1CCOCC1. The van der Waals surface area contributed by atoms with Crippen LogP contribution in [0.4, 0.5) is 17.2 Å². The lowest BCUT2D eigenvalue weighted by Gasteiger charge is -2.26. The Labute approximate surface area is 224 Å². The van der Waals surface area contributed by atoms with Crippen LogP contribution >= 0.6 is 11.6 Å². The van der Waals surface area contributed by atoms with Crippen molar-refractivity contribution in [1.29, 1.82) is 0 Å². The fourth-order valence-corrected chi connectivity index (χ4v) is 4.73.